The average molecular weight is 525 g/mol. The summed E-state index contributed by atoms with van der Waals surface area (Å²) in [7, 11) is -1.54. The van der Waals surface area contributed by atoms with Gasteiger partial charge in [-0.1, -0.05) is 26.7 Å². The van der Waals surface area contributed by atoms with Crippen LogP contribution in [0, 0.1) is 0 Å². The third kappa shape index (κ3) is 13.9. The first-order valence-electron chi connectivity index (χ1n) is 13.4. The van der Waals surface area contributed by atoms with Gasteiger partial charge < -0.3 is 32.3 Å². The Balaban J connectivity index is 4.85. The van der Waals surface area contributed by atoms with Gasteiger partial charge in [0.15, 0.2) is 0 Å². The molecule has 1 N–H and O–H groups in total. The Morgan fingerprint density at radius 3 is 1.88 bits per heavy atom. The highest BCUT2D eigenvalue weighted by Gasteiger charge is 2.48. The van der Waals surface area contributed by atoms with Crippen molar-refractivity contribution in [2.45, 2.75) is 84.5 Å². The normalized spacial score (nSPS) is 14.1. The summed E-state index contributed by atoms with van der Waals surface area (Å²) >= 11 is 0. The number of nitrogens with zero attached hydrogens (tertiary/aromatic N) is 1. The van der Waals surface area contributed by atoms with E-state index in [0.29, 0.717) is 25.0 Å². The predicted octanol–water partition coefficient (Wildman–Crippen LogP) is 3.74. The lowest BCUT2D eigenvalue weighted by molar-refractivity contribution is 0.0667. The van der Waals surface area contributed by atoms with Gasteiger partial charge >= 0.3 is 17.4 Å². The largest absolute Gasteiger partial charge is 0.500 e. The van der Waals surface area contributed by atoms with Gasteiger partial charge in [0.1, 0.15) is 0 Å². The monoisotopic (exact) mass is 524 g/mol. The van der Waals surface area contributed by atoms with Gasteiger partial charge in [0.2, 0.25) is 0 Å². The second-order valence-corrected chi connectivity index (χ2v) is 18.0. The van der Waals surface area contributed by atoms with Gasteiger partial charge in [-0.15, -0.1) is 0 Å². The van der Waals surface area contributed by atoms with Crippen molar-refractivity contribution in [1.29, 1.82) is 0 Å². The van der Waals surface area contributed by atoms with E-state index in [9.17, 15) is 0 Å². The number of unbranched alkanes of at least 4 members (excludes halogenated alkanes) is 2. The Hall–Kier alpha value is 0.371. The Bertz CT molecular complexity index is 427. The maximum absolute atomic E-state index is 6.32. The van der Waals surface area contributed by atoms with Crippen molar-refractivity contribution in [3.05, 3.63) is 0 Å². The zero-order valence-electron chi connectivity index (χ0n) is 23.2. The van der Waals surface area contributed by atoms with Crippen LogP contribution in [-0.2, 0) is 22.1 Å². The zero-order valence-corrected chi connectivity index (χ0v) is 26.6. The zero-order chi connectivity index (χ0) is 25.0. The van der Waals surface area contributed by atoms with Crippen LogP contribution in [0.4, 0.5) is 0 Å². The Kier molecular flexibility index (Phi) is 20.8. The first kappa shape index (κ1) is 33.4. The lowest BCUT2D eigenvalue weighted by Crippen LogP contribution is -2.53. The van der Waals surface area contributed by atoms with E-state index in [4.69, 9.17) is 22.1 Å². The lowest BCUT2D eigenvalue weighted by atomic mass is 10.2. The minimum atomic E-state index is -2.65. The fraction of sp³-hybridized carbons (Fsp3) is 1.00. The first-order chi connectivity index (χ1) is 15.9. The predicted molar refractivity (Wildman–Crippen MR) is 147 cm³/mol. The summed E-state index contributed by atoms with van der Waals surface area (Å²) in [5.74, 6) is 0. The van der Waals surface area contributed by atoms with Gasteiger partial charge in [-0.3, -0.25) is 0 Å². The highest BCUT2D eigenvalue weighted by atomic mass is 28.4. The molecule has 1 atom stereocenters. The summed E-state index contributed by atoms with van der Waals surface area (Å²) < 4.78 is 30.2. The molecular weight excluding hydrogens is 469 g/mol. The molecule has 33 heavy (non-hydrogen) atoms. The van der Waals surface area contributed by atoms with Gasteiger partial charge in [0.05, 0.1) is 0 Å². The highest BCUT2D eigenvalue weighted by molar-refractivity contribution is 6.74. The Morgan fingerprint density at radius 2 is 1.39 bits per heavy atom. The van der Waals surface area contributed by atoms with Crippen LogP contribution in [0.15, 0.2) is 0 Å². The molecule has 0 amide bonds. The van der Waals surface area contributed by atoms with E-state index in [0.717, 1.165) is 44.7 Å². The fourth-order valence-corrected chi connectivity index (χ4v) is 12.6. The van der Waals surface area contributed by atoms with E-state index in [1.807, 2.05) is 0 Å². The van der Waals surface area contributed by atoms with Crippen LogP contribution in [0.3, 0.4) is 0 Å². The van der Waals surface area contributed by atoms with Crippen molar-refractivity contribution in [2.75, 3.05) is 66.4 Å². The molecule has 0 rings (SSSR count). The molecule has 0 fully saturated rings. The molecule has 200 valence electrons. The smallest absolute Gasteiger partial charge is 0.398 e. The van der Waals surface area contributed by atoms with Crippen LogP contribution in [0.2, 0.25) is 17.8 Å². The molecule has 0 saturated carbocycles. The topological polar surface area (TPSA) is 61.4 Å². The van der Waals surface area contributed by atoms with E-state index in [1.54, 1.807) is 14.2 Å². The average Bonchev–Trinajstić information content (AvgIpc) is 2.82. The number of hydrogen-bond acceptors (Lipinski definition) is 7. The number of hydrogen-bond donors (Lipinski definition) is 1. The van der Waals surface area contributed by atoms with Crippen LogP contribution in [0.5, 0.6) is 0 Å². The molecule has 7 nitrogen and oxygen atoms in total. The molecule has 0 radical (unpaired) electrons. The SMILES string of the molecule is CCO[Si](OCC)(OCC)C(CCCCCN(CC)CC)[SiH2]CNCCC[Si](C)(OC)OC. The molecule has 0 heterocycles. The fourth-order valence-electron chi connectivity index (χ4n) is 4.25. The molecule has 0 bridgehead atoms. The van der Waals surface area contributed by atoms with Crippen molar-refractivity contribution < 1.29 is 22.1 Å². The summed E-state index contributed by atoms with van der Waals surface area (Å²) in [5, 5.41) is 4.16. The summed E-state index contributed by atoms with van der Waals surface area (Å²) in [6.07, 6.45) is 7.09. The molecule has 0 aliphatic rings. The van der Waals surface area contributed by atoms with Crippen molar-refractivity contribution >= 4 is 26.9 Å². The van der Waals surface area contributed by atoms with Crippen molar-refractivity contribution in [3.8, 4) is 0 Å². The molecule has 0 aromatic heterocycles. The van der Waals surface area contributed by atoms with Gasteiger partial charge in [-0.05, 0) is 85.0 Å². The van der Waals surface area contributed by atoms with E-state index >= 15 is 0 Å². The van der Waals surface area contributed by atoms with E-state index in [2.05, 4.69) is 51.4 Å². The molecule has 1 unspecified atom stereocenters. The van der Waals surface area contributed by atoms with Crippen LogP contribution in [-0.4, -0.2) is 98.2 Å². The first-order valence-corrected chi connectivity index (χ1v) is 19.5. The van der Waals surface area contributed by atoms with Gasteiger partial charge in [-0.2, -0.15) is 0 Å². The third-order valence-corrected chi connectivity index (χ3v) is 16.9. The molecule has 0 saturated heterocycles. The quantitative estimate of drug-likeness (QED) is 0.152. The van der Waals surface area contributed by atoms with E-state index < -0.39 is 26.9 Å². The molecule has 0 aliphatic heterocycles. The van der Waals surface area contributed by atoms with Gasteiger partial charge in [0, 0.05) is 48.7 Å². The molecular formula is C23H56N2O5Si3. The van der Waals surface area contributed by atoms with Crippen LogP contribution in [0.25, 0.3) is 0 Å². The van der Waals surface area contributed by atoms with Gasteiger partial charge in [0.25, 0.3) is 0 Å². The third-order valence-electron chi connectivity index (χ3n) is 6.48. The Morgan fingerprint density at radius 1 is 0.818 bits per heavy atom. The van der Waals surface area contributed by atoms with Gasteiger partial charge in [-0.25, -0.2) is 0 Å². The maximum atomic E-state index is 6.32. The summed E-state index contributed by atoms with van der Waals surface area (Å²) in [6.45, 7) is 19.3. The summed E-state index contributed by atoms with van der Waals surface area (Å²) in [6, 6.07) is 1.01. The Labute approximate surface area is 210 Å². The number of rotatable bonds is 24. The minimum Gasteiger partial charge on any atom is -0.398 e. The molecule has 10 heteroatoms. The highest BCUT2D eigenvalue weighted by Crippen LogP contribution is 2.30. The second kappa shape index (κ2) is 20.6. The van der Waals surface area contributed by atoms with Crippen LogP contribution < -0.4 is 5.32 Å². The summed E-state index contributed by atoms with van der Waals surface area (Å²) in [5.41, 5.74) is 0. The van der Waals surface area contributed by atoms with E-state index in [1.165, 1.54) is 25.8 Å². The van der Waals surface area contributed by atoms with Crippen molar-refractivity contribution in [1.82, 2.24) is 10.2 Å². The van der Waals surface area contributed by atoms with Crippen LogP contribution in [0.1, 0.15) is 66.7 Å². The van der Waals surface area contributed by atoms with E-state index in [-0.39, 0.29) is 0 Å². The lowest BCUT2D eigenvalue weighted by Gasteiger charge is -2.35. The molecule has 0 spiro atoms. The van der Waals surface area contributed by atoms with Crippen molar-refractivity contribution in [2.24, 2.45) is 0 Å². The molecule has 0 aromatic rings. The number of nitrogens with one attached hydrogen (secondary N) is 1. The standard InChI is InChI=1S/C23H56N2O5Si3/c1-9-25(10-2)20-16-14-15-18-23(33(28-11-3,29-12-4)30-13-5)31-22-24-19-17-21-32(8,26-6)27-7/h23-24H,9-22,31H2,1-8H3. The second-order valence-electron chi connectivity index (χ2n) is 8.66. The molecule has 0 aromatic carbocycles. The molecule has 0 aliphatic carbocycles. The maximum Gasteiger partial charge on any atom is 0.500 e. The minimum absolute atomic E-state index is 0.457. The van der Waals surface area contributed by atoms with Crippen molar-refractivity contribution in [3.63, 3.8) is 0 Å². The van der Waals surface area contributed by atoms with Crippen LogP contribution >= 0.6 is 0 Å². The summed E-state index contributed by atoms with van der Waals surface area (Å²) in [4.78, 5) is 2.51.